The summed E-state index contributed by atoms with van der Waals surface area (Å²) < 4.78 is 19.5. The number of benzene rings is 2. The van der Waals surface area contributed by atoms with E-state index in [-0.39, 0.29) is 62.6 Å². The molecule has 2 amide bonds. The second-order valence-electron chi connectivity index (χ2n) is 9.46. The predicted octanol–water partition coefficient (Wildman–Crippen LogP) is 3.75. The summed E-state index contributed by atoms with van der Waals surface area (Å²) in [5.41, 5.74) is 1.75. The van der Waals surface area contributed by atoms with Crippen LogP contribution in [0.3, 0.4) is 0 Å². The number of hydrogen-bond donors (Lipinski definition) is 2. The highest BCUT2D eigenvalue weighted by molar-refractivity contribution is 5.97. The largest absolute Gasteiger partial charge is 0.527 e. The number of carbonyl (C=O) groups excluding carboxylic acids is 3. The monoisotopic (exact) mass is 578 g/mol. The highest BCUT2D eigenvalue weighted by Crippen LogP contribution is 2.28. The molecule has 220 valence electrons. The van der Waals surface area contributed by atoms with Crippen molar-refractivity contribution >= 4 is 23.9 Å². The molecule has 12 heteroatoms. The van der Waals surface area contributed by atoms with Gasteiger partial charge in [-0.25, -0.2) is 14.2 Å². The van der Waals surface area contributed by atoms with Gasteiger partial charge in [0.2, 0.25) is 5.91 Å². The molecule has 1 saturated heterocycles. The molecule has 1 aliphatic heterocycles. The fourth-order valence-corrected chi connectivity index (χ4v) is 4.48. The van der Waals surface area contributed by atoms with Crippen LogP contribution in [0, 0.1) is 5.82 Å². The van der Waals surface area contributed by atoms with Crippen molar-refractivity contribution in [1.29, 1.82) is 0 Å². The number of carboxylic acids is 1. The number of hydroxylamine groups is 2. The average molecular weight is 579 g/mol. The normalized spacial score (nSPS) is 14.1. The number of piperazine rings is 1. The first kappa shape index (κ1) is 30.1. The summed E-state index contributed by atoms with van der Waals surface area (Å²) in [6, 6.07) is 17.3. The standard InChI is InChI=1S/C30H31FN4O7/c1-2-41-30(40)42-35-16-14-34(15-17-35)29(39)24(12-13-27(36)37)33-28(38)26-19-21(20-8-4-3-5-9-20)18-25(32-26)22-10-6-7-11-23(22)31/h3-11,18-19,24H,2,12-17H2,1H3,(H,33,38)(H,36,37)/t24-/m0/s1. The van der Waals surface area contributed by atoms with E-state index in [9.17, 15) is 28.7 Å². The lowest BCUT2D eigenvalue weighted by molar-refractivity contribution is -0.157. The Labute approximate surface area is 241 Å². The molecular formula is C30H31FN4O7. The molecule has 0 unspecified atom stereocenters. The van der Waals surface area contributed by atoms with E-state index in [1.807, 2.05) is 30.3 Å². The molecule has 2 aromatic carbocycles. The maximum atomic E-state index is 14.7. The van der Waals surface area contributed by atoms with Crippen LogP contribution in [0.15, 0.2) is 66.7 Å². The van der Waals surface area contributed by atoms with E-state index >= 15 is 0 Å². The molecule has 4 rings (SSSR count). The van der Waals surface area contributed by atoms with Crippen molar-refractivity contribution in [2.45, 2.75) is 25.8 Å². The lowest BCUT2D eigenvalue weighted by Crippen LogP contribution is -2.55. The van der Waals surface area contributed by atoms with E-state index in [0.29, 0.717) is 5.56 Å². The summed E-state index contributed by atoms with van der Waals surface area (Å²) >= 11 is 0. The Morgan fingerprint density at radius 3 is 2.33 bits per heavy atom. The third-order valence-corrected chi connectivity index (χ3v) is 6.58. The number of ether oxygens (including phenoxy) is 1. The molecule has 11 nitrogen and oxygen atoms in total. The number of nitrogens with one attached hydrogen (secondary N) is 1. The van der Waals surface area contributed by atoms with Gasteiger partial charge in [-0.15, -0.1) is 5.06 Å². The lowest BCUT2D eigenvalue weighted by atomic mass is 10.0. The third kappa shape index (κ3) is 7.88. The summed E-state index contributed by atoms with van der Waals surface area (Å²) in [6.45, 7) is 2.58. The Morgan fingerprint density at radius 1 is 0.976 bits per heavy atom. The number of hydrogen-bond acceptors (Lipinski definition) is 8. The summed E-state index contributed by atoms with van der Waals surface area (Å²) in [5.74, 6) is -2.82. The summed E-state index contributed by atoms with van der Waals surface area (Å²) in [5, 5.41) is 13.3. The molecule has 1 aliphatic rings. The Hall–Kier alpha value is -4.84. The van der Waals surface area contributed by atoms with Gasteiger partial charge in [0.15, 0.2) is 0 Å². The van der Waals surface area contributed by atoms with Crippen molar-refractivity contribution in [3.8, 4) is 22.4 Å². The zero-order valence-corrected chi connectivity index (χ0v) is 23.0. The zero-order valence-electron chi connectivity index (χ0n) is 23.0. The van der Waals surface area contributed by atoms with Crippen molar-refractivity contribution in [2.75, 3.05) is 32.8 Å². The molecular weight excluding hydrogens is 547 g/mol. The van der Waals surface area contributed by atoms with Crippen LogP contribution in [-0.4, -0.2) is 82.8 Å². The predicted molar refractivity (Wildman–Crippen MR) is 149 cm³/mol. The molecule has 0 radical (unpaired) electrons. The van der Waals surface area contributed by atoms with Crippen molar-refractivity contribution in [3.05, 3.63) is 78.2 Å². The van der Waals surface area contributed by atoms with Crippen LogP contribution in [0.5, 0.6) is 0 Å². The second kappa shape index (κ2) is 14.2. The van der Waals surface area contributed by atoms with E-state index in [2.05, 4.69) is 10.3 Å². The Bertz CT molecular complexity index is 1430. The Kier molecular flexibility index (Phi) is 10.2. The molecule has 1 aromatic heterocycles. The summed E-state index contributed by atoms with van der Waals surface area (Å²) in [6.07, 6.45) is -1.36. The van der Waals surface area contributed by atoms with Gasteiger partial charge < -0.3 is 24.9 Å². The number of amides is 2. The summed E-state index contributed by atoms with van der Waals surface area (Å²) in [4.78, 5) is 60.8. The minimum absolute atomic E-state index is 0.0598. The second-order valence-corrected chi connectivity index (χ2v) is 9.46. The van der Waals surface area contributed by atoms with Crippen molar-refractivity contribution in [2.24, 2.45) is 0 Å². The van der Waals surface area contributed by atoms with Gasteiger partial charge in [-0.05, 0) is 48.7 Å². The number of halogens is 1. The number of pyridine rings is 1. The van der Waals surface area contributed by atoms with E-state index in [1.165, 1.54) is 16.0 Å². The van der Waals surface area contributed by atoms with E-state index in [0.717, 1.165) is 5.56 Å². The maximum absolute atomic E-state index is 14.7. The molecule has 2 N–H and O–H groups in total. The average Bonchev–Trinajstić information content (AvgIpc) is 2.99. The van der Waals surface area contributed by atoms with E-state index in [1.54, 1.807) is 37.3 Å². The number of nitrogens with zero attached hydrogens (tertiary/aromatic N) is 3. The maximum Gasteiger partial charge on any atom is 0.527 e. The van der Waals surface area contributed by atoms with Gasteiger partial charge in [0.25, 0.3) is 5.91 Å². The number of aliphatic carboxylic acids is 1. The first-order chi connectivity index (χ1) is 20.2. The Morgan fingerprint density at radius 2 is 1.67 bits per heavy atom. The number of carbonyl (C=O) groups is 4. The highest BCUT2D eigenvalue weighted by atomic mass is 19.1. The molecule has 1 fully saturated rings. The van der Waals surface area contributed by atoms with Crippen LogP contribution in [0.2, 0.25) is 0 Å². The highest BCUT2D eigenvalue weighted by Gasteiger charge is 2.31. The molecule has 2 heterocycles. The van der Waals surface area contributed by atoms with Crippen molar-refractivity contribution < 1.29 is 38.2 Å². The molecule has 3 aromatic rings. The van der Waals surface area contributed by atoms with Gasteiger partial charge in [-0.3, -0.25) is 14.4 Å². The lowest BCUT2D eigenvalue weighted by Gasteiger charge is -2.35. The van der Waals surface area contributed by atoms with Crippen LogP contribution >= 0.6 is 0 Å². The molecule has 1 atom stereocenters. The molecule has 42 heavy (non-hydrogen) atoms. The van der Waals surface area contributed by atoms with Crippen LogP contribution < -0.4 is 5.32 Å². The SMILES string of the molecule is CCOC(=O)ON1CCN(C(=O)[C@H](CCC(=O)O)NC(=O)c2cc(-c3ccccc3)cc(-c3ccccc3F)n2)CC1. The first-order valence-corrected chi connectivity index (χ1v) is 13.5. The van der Waals surface area contributed by atoms with Crippen LogP contribution in [-0.2, 0) is 19.2 Å². The Balaban J connectivity index is 1.56. The van der Waals surface area contributed by atoms with Crippen molar-refractivity contribution in [3.63, 3.8) is 0 Å². The summed E-state index contributed by atoms with van der Waals surface area (Å²) in [7, 11) is 0. The molecule has 0 bridgehead atoms. The minimum atomic E-state index is -1.16. The minimum Gasteiger partial charge on any atom is -0.481 e. The molecule has 0 aliphatic carbocycles. The van der Waals surface area contributed by atoms with Gasteiger partial charge in [0.1, 0.15) is 17.6 Å². The van der Waals surface area contributed by atoms with Crippen LogP contribution in [0.25, 0.3) is 22.4 Å². The number of carboxylic acid groups (broad SMARTS) is 1. The van der Waals surface area contributed by atoms with Crippen molar-refractivity contribution in [1.82, 2.24) is 20.3 Å². The number of aromatic nitrogens is 1. The molecule has 0 saturated carbocycles. The smallest absolute Gasteiger partial charge is 0.481 e. The van der Waals surface area contributed by atoms with Gasteiger partial charge >= 0.3 is 12.1 Å². The molecule has 0 spiro atoms. The van der Waals surface area contributed by atoms with E-state index in [4.69, 9.17) is 9.57 Å². The van der Waals surface area contributed by atoms with E-state index < -0.39 is 35.8 Å². The van der Waals surface area contributed by atoms with Crippen LogP contribution in [0.4, 0.5) is 9.18 Å². The first-order valence-electron chi connectivity index (χ1n) is 13.5. The topological polar surface area (TPSA) is 138 Å². The fraction of sp³-hybridized carbons (Fsp3) is 0.300. The van der Waals surface area contributed by atoms with Gasteiger partial charge in [0, 0.05) is 25.1 Å². The van der Waals surface area contributed by atoms with Crippen LogP contribution in [0.1, 0.15) is 30.3 Å². The zero-order chi connectivity index (χ0) is 30.1. The van der Waals surface area contributed by atoms with Gasteiger partial charge in [-0.1, -0.05) is 42.5 Å². The fourth-order valence-electron chi connectivity index (χ4n) is 4.48. The van der Waals surface area contributed by atoms with Gasteiger partial charge in [0.05, 0.1) is 25.4 Å². The number of rotatable bonds is 10. The third-order valence-electron chi connectivity index (χ3n) is 6.58. The van der Waals surface area contributed by atoms with Gasteiger partial charge in [-0.2, -0.15) is 0 Å². The quantitative estimate of drug-likeness (QED) is 0.345.